The van der Waals surface area contributed by atoms with E-state index >= 15 is 0 Å². The maximum atomic E-state index is 5.25. The topological polar surface area (TPSA) is 51.0 Å². The predicted octanol–water partition coefficient (Wildman–Crippen LogP) is 5.04. The van der Waals surface area contributed by atoms with Gasteiger partial charge in [-0.1, -0.05) is 6.07 Å². The van der Waals surface area contributed by atoms with Crippen LogP contribution >= 0.6 is 27.3 Å². The molecule has 2 heterocycles. The first-order valence-electron chi connectivity index (χ1n) is 6.52. The number of aromatic nitrogens is 2. The molecular weight excluding hydrogens is 350 g/mol. The van der Waals surface area contributed by atoms with E-state index in [-0.39, 0.29) is 6.04 Å². The molecule has 0 saturated heterocycles. The van der Waals surface area contributed by atoms with Crippen LogP contribution < -0.4 is 5.32 Å². The first-order valence-corrected chi connectivity index (χ1v) is 8.13. The van der Waals surface area contributed by atoms with Gasteiger partial charge in [-0.2, -0.15) is 0 Å². The molecule has 21 heavy (non-hydrogen) atoms. The molecule has 0 amide bonds. The van der Waals surface area contributed by atoms with E-state index in [1.54, 1.807) is 11.3 Å². The summed E-state index contributed by atoms with van der Waals surface area (Å²) in [6.45, 7) is 4.23. The first-order chi connectivity index (χ1) is 10.1. The molecule has 0 spiro atoms. The second kappa shape index (κ2) is 5.99. The van der Waals surface area contributed by atoms with Gasteiger partial charge < -0.3 is 9.73 Å². The highest BCUT2D eigenvalue weighted by atomic mass is 79.9. The molecule has 1 N–H and O–H groups in total. The maximum absolute atomic E-state index is 5.25. The van der Waals surface area contributed by atoms with Crippen molar-refractivity contribution >= 4 is 33.0 Å². The van der Waals surface area contributed by atoms with Gasteiger partial charge in [0.25, 0.3) is 0 Å². The summed E-state index contributed by atoms with van der Waals surface area (Å²) in [5.41, 5.74) is 3.17. The van der Waals surface area contributed by atoms with Crippen molar-refractivity contribution in [1.29, 1.82) is 0 Å². The van der Waals surface area contributed by atoms with Crippen molar-refractivity contribution < 1.29 is 4.42 Å². The van der Waals surface area contributed by atoms with Crippen molar-refractivity contribution in [2.24, 2.45) is 0 Å². The molecule has 6 heteroatoms. The number of rotatable bonds is 4. The third kappa shape index (κ3) is 3.16. The van der Waals surface area contributed by atoms with Crippen molar-refractivity contribution in [1.82, 2.24) is 10.2 Å². The lowest BCUT2D eigenvalue weighted by atomic mass is 10.1. The zero-order chi connectivity index (χ0) is 14.8. The molecule has 1 unspecified atom stereocenters. The summed E-state index contributed by atoms with van der Waals surface area (Å²) in [5, 5.41) is 11.2. The summed E-state index contributed by atoms with van der Waals surface area (Å²) in [6.07, 6.45) is 1.34. The minimum absolute atomic E-state index is 0.234. The largest absolute Gasteiger partial charge is 0.423 e. The van der Waals surface area contributed by atoms with Crippen LogP contribution in [0.25, 0.3) is 11.5 Å². The highest BCUT2D eigenvalue weighted by molar-refractivity contribution is 9.11. The molecule has 4 nitrogen and oxygen atoms in total. The lowest BCUT2D eigenvalue weighted by Gasteiger charge is -2.16. The lowest BCUT2D eigenvalue weighted by Crippen LogP contribution is -2.06. The van der Waals surface area contributed by atoms with E-state index in [9.17, 15) is 0 Å². The summed E-state index contributed by atoms with van der Waals surface area (Å²) in [7, 11) is 0. The predicted molar refractivity (Wildman–Crippen MR) is 88.5 cm³/mol. The summed E-state index contributed by atoms with van der Waals surface area (Å²) in [6, 6.07) is 10.5. The molecule has 0 bridgehead atoms. The highest BCUT2D eigenvalue weighted by Gasteiger charge is 2.11. The summed E-state index contributed by atoms with van der Waals surface area (Å²) >= 11 is 5.24. The zero-order valence-corrected chi connectivity index (χ0v) is 14.0. The summed E-state index contributed by atoms with van der Waals surface area (Å²) < 4.78 is 6.39. The van der Waals surface area contributed by atoms with E-state index in [0.717, 1.165) is 15.0 Å². The third-order valence-corrected chi connectivity index (χ3v) is 5.04. The molecule has 0 aliphatic heterocycles. The highest BCUT2D eigenvalue weighted by Crippen LogP contribution is 2.31. The van der Waals surface area contributed by atoms with Crippen molar-refractivity contribution in [2.45, 2.75) is 19.9 Å². The van der Waals surface area contributed by atoms with Gasteiger partial charge in [-0.05, 0) is 59.6 Å². The molecular formula is C15H14BrN3OS. The van der Waals surface area contributed by atoms with Gasteiger partial charge in [0.2, 0.25) is 12.3 Å². The van der Waals surface area contributed by atoms with E-state index in [1.807, 2.05) is 12.1 Å². The van der Waals surface area contributed by atoms with Crippen molar-refractivity contribution in [3.8, 4) is 11.5 Å². The van der Waals surface area contributed by atoms with Crippen LogP contribution in [0.1, 0.15) is 23.4 Å². The zero-order valence-electron chi connectivity index (χ0n) is 11.6. The molecule has 1 atom stereocenters. The van der Waals surface area contributed by atoms with Gasteiger partial charge >= 0.3 is 0 Å². The van der Waals surface area contributed by atoms with Gasteiger partial charge in [0.1, 0.15) is 0 Å². The molecule has 2 aromatic heterocycles. The molecule has 0 aliphatic carbocycles. The smallest absolute Gasteiger partial charge is 0.247 e. The summed E-state index contributed by atoms with van der Waals surface area (Å²) in [5.74, 6) is 0.532. The molecule has 3 aromatic rings. The molecule has 108 valence electrons. The first kappa shape index (κ1) is 14.3. The lowest BCUT2D eigenvalue weighted by molar-refractivity contribution is 0.568. The van der Waals surface area contributed by atoms with E-state index in [4.69, 9.17) is 4.42 Å². The van der Waals surface area contributed by atoms with Crippen molar-refractivity contribution in [3.05, 3.63) is 51.0 Å². The van der Waals surface area contributed by atoms with E-state index in [1.165, 1.54) is 16.8 Å². The molecule has 1 aromatic carbocycles. The second-order valence-electron chi connectivity index (χ2n) is 4.78. The molecule has 3 rings (SSSR count). The van der Waals surface area contributed by atoms with E-state index in [0.29, 0.717) is 5.89 Å². The van der Waals surface area contributed by atoms with Gasteiger partial charge in [-0.3, -0.25) is 0 Å². The number of hydrogen-bond donors (Lipinski definition) is 1. The fourth-order valence-electron chi connectivity index (χ4n) is 2.07. The number of anilines is 1. The van der Waals surface area contributed by atoms with E-state index in [2.05, 4.69) is 63.5 Å². The van der Waals surface area contributed by atoms with Crippen LogP contribution in [0.5, 0.6) is 0 Å². The minimum atomic E-state index is 0.234. The number of aryl methyl sites for hydroxylation is 1. The fraction of sp³-hybridized carbons (Fsp3) is 0.200. The third-order valence-electron chi connectivity index (χ3n) is 3.24. The Morgan fingerprint density at radius 3 is 2.81 bits per heavy atom. The van der Waals surface area contributed by atoms with Crippen LogP contribution in [0.4, 0.5) is 5.69 Å². The molecule has 0 fully saturated rings. The normalized spacial score (nSPS) is 12.3. The van der Waals surface area contributed by atoms with Gasteiger partial charge in [-0.15, -0.1) is 21.5 Å². The molecule has 0 aliphatic rings. The number of benzene rings is 1. The molecule has 0 radical (unpaired) electrons. The van der Waals surface area contributed by atoms with Crippen LogP contribution in [0.3, 0.4) is 0 Å². The van der Waals surface area contributed by atoms with Gasteiger partial charge in [0.05, 0.1) is 9.83 Å². The van der Waals surface area contributed by atoms with Crippen molar-refractivity contribution in [2.75, 3.05) is 5.32 Å². The Morgan fingerprint density at radius 1 is 1.29 bits per heavy atom. The van der Waals surface area contributed by atoms with E-state index < -0.39 is 0 Å². The maximum Gasteiger partial charge on any atom is 0.247 e. The van der Waals surface area contributed by atoms with Crippen LogP contribution in [0.2, 0.25) is 0 Å². The number of thiophene rings is 1. The summed E-state index contributed by atoms with van der Waals surface area (Å²) in [4.78, 5) is 1.28. The SMILES string of the molecule is Cc1ccc(-c2nnco2)cc1NC(C)c1ccc(Br)s1. The Bertz CT molecular complexity index is 739. The van der Waals surface area contributed by atoms with Crippen molar-refractivity contribution in [3.63, 3.8) is 0 Å². The van der Waals surface area contributed by atoms with Crippen LogP contribution in [-0.2, 0) is 0 Å². The Morgan fingerprint density at radius 2 is 2.14 bits per heavy atom. The van der Waals surface area contributed by atoms with Gasteiger partial charge in [-0.25, -0.2) is 0 Å². The Balaban J connectivity index is 1.86. The van der Waals surface area contributed by atoms with Crippen LogP contribution in [0, 0.1) is 6.92 Å². The van der Waals surface area contributed by atoms with Crippen LogP contribution in [0.15, 0.2) is 44.9 Å². The monoisotopic (exact) mass is 363 g/mol. The number of nitrogens with zero attached hydrogens (tertiary/aromatic N) is 2. The minimum Gasteiger partial charge on any atom is -0.423 e. The Hall–Kier alpha value is -1.66. The standard InChI is InChI=1S/C15H14BrN3OS/c1-9-3-4-11(15-19-17-8-20-15)7-12(9)18-10(2)13-5-6-14(16)21-13/h3-8,10,18H,1-2H3. The van der Waals surface area contributed by atoms with Gasteiger partial charge in [0, 0.05) is 16.1 Å². The second-order valence-corrected chi connectivity index (χ2v) is 7.28. The number of hydrogen-bond acceptors (Lipinski definition) is 5. The number of halogens is 1. The fourth-order valence-corrected chi connectivity index (χ4v) is 3.50. The quantitative estimate of drug-likeness (QED) is 0.705. The number of nitrogens with one attached hydrogen (secondary N) is 1. The molecule has 0 saturated carbocycles. The van der Waals surface area contributed by atoms with Gasteiger partial charge in [0.15, 0.2) is 0 Å². The Labute approximate surface area is 135 Å². The average Bonchev–Trinajstić information content (AvgIpc) is 3.12. The Kier molecular flexibility index (Phi) is 4.07. The average molecular weight is 364 g/mol. The van der Waals surface area contributed by atoms with Crippen LogP contribution in [-0.4, -0.2) is 10.2 Å².